The van der Waals surface area contributed by atoms with Gasteiger partial charge < -0.3 is 10.1 Å². The fraction of sp³-hybridized carbons (Fsp3) is 0.500. The fourth-order valence-corrected chi connectivity index (χ4v) is 2.74. The Kier molecular flexibility index (Phi) is 6.92. The van der Waals surface area contributed by atoms with Crippen LogP contribution in [0.5, 0.6) is 0 Å². The van der Waals surface area contributed by atoms with Gasteiger partial charge in [-0.25, -0.2) is 4.79 Å². The van der Waals surface area contributed by atoms with Gasteiger partial charge in [0.1, 0.15) is 0 Å². The highest BCUT2D eigenvalue weighted by molar-refractivity contribution is 7.86. The van der Waals surface area contributed by atoms with E-state index in [9.17, 15) is 18.0 Å². The van der Waals surface area contributed by atoms with Gasteiger partial charge in [0.15, 0.2) is 6.10 Å². The Morgan fingerprint density at radius 3 is 2.04 bits per heavy atom. The zero-order valence-electron chi connectivity index (χ0n) is 14.4. The van der Waals surface area contributed by atoms with E-state index in [0.29, 0.717) is 5.56 Å². The Morgan fingerprint density at radius 2 is 1.62 bits per heavy atom. The molecule has 0 heterocycles. The zero-order chi connectivity index (χ0) is 18.5. The van der Waals surface area contributed by atoms with Crippen LogP contribution >= 0.6 is 0 Å². The minimum Gasteiger partial charge on any atom is -0.465 e. The van der Waals surface area contributed by atoms with E-state index < -0.39 is 28.1 Å². The van der Waals surface area contributed by atoms with E-state index in [1.54, 1.807) is 45.0 Å². The molecule has 0 aliphatic carbocycles. The molecule has 24 heavy (non-hydrogen) atoms. The van der Waals surface area contributed by atoms with Crippen molar-refractivity contribution in [3.8, 4) is 0 Å². The molecule has 1 rings (SSSR count). The topological polar surface area (TPSA) is 98.8 Å². The molecule has 0 aromatic heterocycles. The quantitative estimate of drug-likeness (QED) is 0.588. The summed E-state index contributed by atoms with van der Waals surface area (Å²) in [7, 11) is -2.45. The van der Waals surface area contributed by atoms with E-state index in [2.05, 4.69) is 10.1 Å². The lowest BCUT2D eigenvalue weighted by Gasteiger charge is -2.22. The van der Waals surface area contributed by atoms with Crippen molar-refractivity contribution < 1.29 is 26.9 Å². The Labute approximate surface area is 142 Å². The maximum atomic E-state index is 12.3. The molecule has 1 aromatic carbocycles. The highest BCUT2D eigenvalue weighted by Crippen LogP contribution is 2.16. The molecule has 0 spiro atoms. The second-order valence-electron chi connectivity index (χ2n) is 5.81. The maximum Gasteiger partial charge on any atom is 0.337 e. The predicted octanol–water partition coefficient (Wildman–Crippen LogP) is 1.65. The second kappa shape index (κ2) is 8.25. The molecule has 0 saturated heterocycles. The van der Waals surface area contributed by atoms with Crippen LogP contribution in [0.1, 0.15) is 42.7 Å². The summed E-state index contributed by atoms with van der Waals surface area (Å²) < 4.78 is 32.1. The fourth-order valence-electron chi connectivity index (χ4n) is 2.05. The summed E-state index contributed by atoms with van der Waals surface area (Å²) in [4.78, 5) is 23.7. The maximum absolute atomic E-state index is 12.3. The molecule has 2 atom stereocenters. The number of methoxy groups -OCH3 is 1. The average molecular weight is 357 g/mol. The van der Waals surface area contributed by atoms with Gasteiger partial charge in [-0.2, -0.15) is 8.42 Å². The van der Waals surface area contributed by atoms with Crippen LogP contribution in [0.2, 0.25) is 0 Å². The van der Waals surface area contributed by atoms with E-state index in [-0.39, 0.29) is 12.0 Å². The van der Waals surface area contributed by atoms with Crippen LogP contribution in [-0.4, -0.2) is 39.8 Å². The minimum absolute atomic E-state index is 0.311. The van der Waals surface area contributed by atoms with Gasteiger partial charge in [-0.1, -0.05) is 26.0 Å². The lowest BCUT2D eigenvalue weighted by atomic mass is 10.0. The Balaban J connectivity index is 2.83. The van der Waals surface area contributed by atoms with Crippen LogP contribution in [0, 0.1) is 5.92 Å². The number of esters is 1. The average Bonchev–Trinajstić information content (AvgIpc) is 2.50. The van der Waals surface area contributed by atoms with E-state index in [4.69, 9.17) is 4.18 Å². The van der Waals surface area contributed by atoms with E-state index in [1.165, 1.54) is 7.11 Å². The van der Waals surface area contributed by atoms with Crippen LogP contribution in [0.3, 0.4) is 0 Å². The van der Waals surface area contributed by atoms with Crippen LogP contribution in [0.25, 0.3) is 0 Å². The molecule has 0 radical (unpaired) electrons. The van der Waals surface area contributed by atoms with Gasteiger partial charge in [0.05, 0.1) is 25.0 Å². The molecule has 134 valence electrons. The normalized spacial score (nSPS) is 14.1. The molecule has 0 saturated carbocycles. The summed E-state index contributed by atoms with van der Waals surface area (Å²) in [5.41, 5.74) is 1.16. The SMILES string of the molecule is COC(=O)c1ccc([C@H](C)NC(=O)[C@H](OS(C)(=O)=O)C(C)C)cc1. The molecule has 1 aromatic rings. The minimum atomic E-state index is -3.74. The van der Waals surface area contributed by atoms with Gasteiger partial charge >= 0.3 is 5.97 Å². The van der Waals surface area contributed by atoms with Gasteiger partial charge in [0.2, 0.25) is 0 Å². The van der Waals surface area contributed by atoms with Crippen LogP contribution in [0.4, 0.5) is 0 Å². The van der Waals surface area contributed by atoms with Gasteiger partial charge in [-0.05, 0) is 30.5 Å². The molecule has 1 N–H and O–H groups in total. The van der Waals surface area contributed by atoms with Crippen molar-refractivity contribution in [3.63, 3.8) is 0 Å². The smallest absolute Gasteiger partial charge is 0.337 e. The van der Waals surface area contributed by atoms with Crippen molar-refractivity contribution in [1.29, 1.82) is 0 Å². The number of rotatable bonds is 7. The number of carbonyl (C=O) groups is 2. The number of hydrogen-bond donors (Lipinski definition) is 1. The Bertz CT molecular complexity index is 681. The third-order valence-corrected chi connectivity index (χ3v) is 3.89. The first kappa shape index (κ1) is 20.1. The predicted molar refractivity (Wildman–Crippen MR) is 88.9 cm³/mol. The number of amides is 1. The first-order chi connectivity index (χ1) is 11.0. The summed E-state index contributed by atoms with van der Waals surface area (Å²) in [6.45, 7) is 5.15. The number of carbonyl (C=O) groups excluding carboxylic acids is 2. The first-order valence-corrected chi connectivity index (χ1v) is 9.23. The van der Waals surface area contributed by atoms with Crippen LogP contribution in [0.15, 0.2) is 24.3 Å². The van der Waals surface area contributed by atoms with Gasteiger partial charge in [0, 0.05) is 0 Å². The van der Waals surface area contributed by atoms with Crippen LogP contribution in [-0.2, 0) is 23.8 Å². The van der Waals surface area contributed by atoms with Gasteiger partial charge in [-0.3, -0.25) is 8.98 Å². The monoisotopic (exact) mass is 357 g/mol. The third-order valence-electron chi connectivity index (χ3n) is 3.33. The van der Waals surface area contributed by atoms with Gasteiger partial charge in [0.25, 0.3) is 16.0 Å². The summed E-state index contributed by atoms with van der Waals surface area (Å²) in [5.74, 6) is -1.27. The number of benzene rings is 1. The van der Waals surface area contributed by atoms with E-state index >= 15 is 0 Å². The van der Waals surface area contributed by atoms with Gasteiger partial charge in [-0.15, -0.1) is 0 Å². The summed E-state index contributed by atoms with van der Waals surface area (Å²) >= 11 is 0. The highest BCUT2D eigenvalue weighted by Gasteiger charge is 2.28. The first-order valence-electron chi connectivity index (χ1n) is 7.42. The zero-order valence-corrected chi connectivity index (χ0v) is 15.2. The van der Waals surface area contributed by atoms with E-state index in [1.807, 2.05) is 0 Å². The number of hydrogen-bond acceptors (Lipinski definition) is 6. The molecule has 0 unspecified atom stereocenters. The standard InChI is InChI=1S/C16H23NO6S/c1-10(2)14(23-24(5,20)21)15(18)17-11(3)12-6-8-13(9-7-12)16(19)22-4/h6-11,14H,1-5H3,(H,17,18)/t11-,14+/m0/s1. The molecule has 7 nitrogen and oxygen atoms in total. The molecular formula is C16H23NO6S. The third kappa shape index (κ3) is 5.93. The van der Waals surface area contributed by atoms with Crippen molar-refractivity contribution in [3.05, 3.63) is 35.4 Å². The lowest BCUT2D eigenvalue weighted by Crippen LogP contribution is -2.41. The summed E-state index contributed by atoms with van der Waals surface area (Å²) in [5, 5.41) is 2.72. The van der Waals surface area contributed by atoms with E-state index in [0.717, 1.165) is 11.8 Å². The molecular weight excluding hydrogens is 334 g/mol. The van der Waals surface area contributed by atoms with Crippen molar-refractivity contribution >= 4 is 22.0 Å². The molecule has 0 aliphatic heterocycles. The molecule has 0 aliphatic rings. The number of ether oxygens (including phenoxy) is 1. The Morgan fingerprint density at radius 1 is 1.08 bits per heavy atom. The number of nitrogens with one attached hydrogen (secondary N) is 1. The van der Waals surface area contributed by atoms with Crippen LogP contribution < -0.4 is 5.32 Å². The van der Waals surface area contributed by atoms with Crippen molar-refractivity contribution in [2.24, 2.45) is 5.92 Å². The second-order valence-corrected chi connectivity index (χ2v) is 7.41. The highest BCUT2D eigenvalue weighted by atomic mass is 32.2. The van der Waals surface area contributed by atoms with Crippen molar-refractivity contribution in [2.75, 3.05) is 13.4 Å². The molecule has 0 fully saturated rings. The summed E-state index contributed by atoms with van der Waals surface area (Å²) in [6, 6.07) is 6.19. The Hall–Kier alpha value is -1.93. The van der Waals surface area contributed by atoms with Crippen molar-refractivity contribution in [2.45, 2.75) is 32.9 Å². The molecule has 0 bridgehead atoms. The lowest BCUT2D eigenvalue weighted by molar-refractivity contribution is -0.130. The summed E-state index contributed by atoms with van der Waals surface area (Å²) in [6.07, 6.45) is -0.193. The molecule has 1 amide bonds. The molecule has 8 heteroatoms. The van der Waals surface area contributed by atoms with Crippen molar-refractivity contribution in [1.82, 2.24) is 5.32 Å². The largest absolute Gasteiger partial charge is 0.465 e.